The minimum Gasteiger partial charge on any atom is -0.313 e. The van der Waals surface area contributed by atoms with Gasteiger partial charge in [-0.2, -0.15) is 0 Å². The molecular weight excluding hydrogens is 300 g/mol. The van der Waals surface area contributed by atoms with Crippen molar-refractivity contribution in [3.05, 3.63) is 34.3 Å². The fourth-order valence-electron chi connectivity index (χ4n) is 2.25. The molecule has 1 aromatic carbocycles. The van der Waals surface area contributed by atoms with Gasteiger partial charge in [0, 0.05) is 29.6 Å². The Kier molecular flexibility index (Phi) is 7.05. The summed E-state index contributed by atoms with van der Waals surface area (Å²) < 4.78 is 1.14. The van der Waals surface area contributed by atoms with Gasteiger partial charge in [-0.3, -0.25) is 4.90 Å². The number of hydrogen-bond donors (Lipinski definition) is 1. The van der Waals surface area contributed by atoms with E-state index in [1.165, 1.54) is 5.56 Å². The van der Waals surface area contributed by atoms with Crippen LogP contribution in [0.15, 0.2) is 28.7 Å². The lowest BCUT2D eigenvalue weighted by Gasteiger charge is -2.32. The van der Waals surface area contributed by atoms with E-state index < -0.39 is 0 Å². The monoisotopic (exact) mass is 326 g/mol. The van der Waals surface area contributed by atoms with Crippen LogP contribution >= 0.6 is 15.9 Å². The molecule has 0 aliphatic heterocycles. The highest BCUT2D eigenvalue weighted by molar-refractivity contribution is 9.10. The van der Waals surface area contributed by atoms with Gasteiger partial charge in [-0.05, 0) is 30.7 Å². The summed E-state index contributed by atoms with van der Waals surface area (Å²) in [5, 5.41) is 3.55. The van der Waals surface area contributed by atoms with Crippen LogP contribution in [0.2, 0.25) is 0 Å². The molecule has 0 bridgehead atoms. The maximum atomic E-state index is 3.55. The van der Waals surface area contributed by atoms with Crippen LogP contribution in [0.3, 0.4) is 0 Å². The largest absolute Gasteiger partial charge is 0.313 e. The van der Waals surface area contributed by atoms with Crippen molar-refractivity contribution in [1.82, 2.24) is 10.2 Å². The summed E-state index contributed by atoms with van der Waals surface area (Å²) in [7, 11) is 2.22. The summed E-state index contributed by atoms with van der Waals surface area (Å²) in [5.41, 5.74) is 1.36. The molecule has 2 nitrogen and oxygen atoms in total. The summed E-state index contributed by atoms with van der Waals surface area (Å²) in [6.07, 6.45) is 0. The van der Waals surface area contributed by atoms with E-state index in [0.29, 0.717) is 18.0 Å². The Balaban J connectivity index is 2.60. The minimum absolute atomic E-state index is 0.544. The number of likely N-dealkylation sites (N-methyl/N-ethyl adjacent to an activating group) is 1. The molecule has 1 N–H and O–H groups in total. The highest BCUT2D eigenvalue weighted by Crippen LogP contribution is 2.15. The van der Waals surface area contributed by atoms with Crippen molar-refractivity contribution in [3.63, 3.8) is 0 Å². The second-order valence-electron chi connectivity index (χ2n) is 5.92. The quantitative estimate of drug-likeness (QED) is 0.817. The Morgan fingerprint density at radius 2 is 1.68 bits per heavy atom. The van der Waals surface area contributed by atoms with Gasteiger partial charge in [0.05, 0.1) is 0 Å². The summed E-state index contributed by atoms with van der Waals surface area (Å²) in [5.74, 6) is 0.645. The predicted octanol–water partition coefficient (Wildman–Crippen LogP) is 3.90. The summed E-state index contributed by atoms with van der Waals surface area (Å²) in [4.78, 5) is 2.45. The molecule has 0 aromatic heterocycles. The third kappa shape index (κ3) is 6.07. The molecule has 0 heterocycles. The SMILES string of the molecule is CC(C)NCC(C(C)C)N(C)Cc1ccc(Br)cc1. The molecule has 19 heavy (non-hydrogen) atoms. The third-order valence-electron chi connectivity index (χ3n) is 3.42. The second kappa shape index (κ2) is 8.03. The highest BCUT2D eigenvalue weighted by atomic mass is 79.9. The van der Waals surface area contributed by atoms with Crippen LogP contribution in [-0.4, -0.2) is 30.6 Å². The van der Waals surface area contributed by atoms with Gasteiger partial charge in [-0.1, -0.05) is 55.8 Å². The highest BCUT2D eigenvalue weighted by Gasteiger charge is 2.18. The van der Waals surface area contributed by atoms with E-state index in [4.69, 9.17) is 0 Å². The zero-order valence-corrected chi connectivity index (χ0v) is 14.4. The number of rotatable bonds is 7. The Hall–Kier alpha value is -0.380. The zero-order valence-electron chi connectivity index (χ0n) is 12.8. The Morgan fingerprint density at radius 3 is 2.16 bits per heavy atom. The topological polar surface area (TPSA) is 15.3 Å². The second-order valence-corrected chi connectivity index (χ2v) is 6.83. The van der Waals surface area contributed by atoms with Gasteiger partial charge >= 0.3 is 0 Å². The molecule has 0 aliphatic rings. The molecular formula is C16H27BrN2. The Labute approximate surface area is 126 Å². The fraction of sp³-hybridized carbons (Fsp3) is 0.625. The summed E-state index contributed by atoms with van der Waals surface area (Å²) in [6.45, 7) is 11.0. The maximum Gasteiger partial charge on any atom is 0.0244 e. The molecule has 3 heteroatoms. The lowest BCUT2D eigenvalue weighted by atomic mass is 10.0. The Bertz CT molecular complexity index is 360. The van der Waals surface area contributed by atoms with Crippen molar-refractivity contribution in [2.75, 3.05) is 13.6 Å². The van der Waals surface area contributed by atoms with E-state index in [1.54, 1.807) is 0 Å². The first-order valence-corrected chi connectivity index (χ1v) is 7.87. The van der Waals surface area contributed by atoms with Crippen LogP contribution in [-0.2, 0) is 6.54 Å². The molecule has 0 saturated heterocycles. The van der Waals surface area contributed by atoms with E-state index in [9.17, 15) is 0 Å². The lowest BCUT2D eigenvalue weighted by molar-refractivity contribution is 0.177. The minimum atomic E-state index is 0.544. The van der Waals surface area contributed by atoms with Gasteiger partial charge in [-0.25, -0.2) is 0 Å². The van der Waals surface area contributed by atoms with E-state index in [2.05, 4.69) is 85.2 Å². The van der Waals surface area contributed by atoms with E-state index in [0.717, 1.165) is 17.6 Å². The third-order valence-corrected chi connectivity index (χ3v) is 3.94. The molecule has 1 unspecified atom stereocenters. The van der Waals surface area contributed by atoms with Gasteiger partial charge in [0.1, 0.15) is 0 Å². The molecule has 108 valence electrons. The standard InChI is InChI=1S/C16H27BrN2/c1-12(2)16(10-18-13(3)4)19(5)11-14-6-8-15(17)9-7-14/h6-9,12-13,16,18H,10-11H2,1-5H3. The van der Waals surface area contributed by atoms with Crippen LogP contribution < -0.4 is 5.32 Å². The molecule has 1 aromatic rings. The van der Waals surface area contributed by atoms with Crippen molar-refractivity contribution in [2.45, 2.75) is 46.3 Å². The van der Waals surface area contributed by atoms with Crippen molar-refractivity contribution in [2.24, 2.45) is 5.92 Å². The van der Waals surface area contributed by atoms with Crippen LogP contribution in [0.5, 0.6) is 0 Å². The van der Waals surface area contributed by atoms with E-state index in [1.807, 2.05) is 0 Å². The van der Waals surface area contributed by atoms with Crippen LogP contribution in [0.4, 0.5) is 0 Å². The normalized spacial score (nSPS) is 13.5. The van der Waals surface area contributed by atoms with Crippen molar-refractivity contribution in [3.8, 4) is 0 Å². The number of halogens is 1. The number of hydrogen-bond acceptors (Lipinski definition) is 2. The maximum absolute atomic E-state index is 3.55. The smallest absolute Gasteiger partial charge is 0.0244 e. The van der Waals surface area contributed by atoms with E-state index >= 15 is 0 Å². The molecule has 0 spiro atoms. The first-order chi connectivity index (χ1) is 8.90. The number of benzene rings is 1. The van der Waals surface area contributed by atoms with E-state index in [-0.39, 0.29) is 0 Å². The molecule has 0 aliphatic carbocycles. The van der Waals surface area contributed by atoms with Gasteiger partial charge in [0.15, 0.2) is 0 Å². The van der Waals surface area contributed by atoms with Crippen molar-refractivity contribution < 1.29 is 0 Å². The average Bonchev–Trinajstić information content (AvgIpc) is 2.31. The van der Waals surface area contributed by atoms with Crippen LogP contribution in [0.1, 0.15) is 33.3 Å². The lowest BCUT2D eigenvalue weighted by Crippen LogP contribution is -2.44. The summed E-state index contributed by atoms with van der Waals surface area (Å²) >= 11 is 3.48. The fourth-order valence-corrected chi connectivity index (χ4v) is 2.52. The van der Waals surface area contributed by atoms with Crippen LogP contribution in [0, 0.1) is 5.92 Å². The molecule has 0 amide bonds. The Morgan fingerprint density at radius 1 is 1.11 bits per heavy atom. The molecule has 0 radical (unpaired) electrons. The molecule has 1 rings (SSSR count). The van der Waals surface area contributed by atoms with Gasteiger partial charge < -0.3 is 5.32 Å². The number of nitrogens with one attached hydrogen (secondary N) is 1. The summed E-state index contributed by atoms with van der Waals surface area (Å²) in [6, 6.07) is 9.70. The van der Waals surface area contributed by atoms with Crippen molar-refractivity contribution in [1.29, 1.82) is 0 Å². The molecule has 0 fully saturated rings. The zero-order chi connectivity index (χ0) is 14.4. The van der Waals surface area contributed by atoms with Crippen LogP contribution in [0.25, 0.3) is 0 Å². The molecule has 0 saturated carbocycles. The first kappa shape index (κ1) is 16.7. The van der Waals surface area contributed by atoms with Gasteiger partial charge in [0.2, 0.25) is 0 Å². The van der Waals surface area contributed by atoms with Gasteiger partial charge in [0.25, 0.3) is 0 Å². The average molecular weight is 327 g/mol. The number of nitrogens with zero attached hydrogens (tertiary/aromatic N) is 1. The van der Waals surface area contributed by atoms with Crippen molar-refractivity contribution >= 4 is 15.9 Å². The molecule has 1 atom stereocenters. The predicted molar refractivity (Wildman–Crippen MR) is 87.4 cm³/mol. The first-order valence-electron chi connectivity index (χ1n) is 7.08. The van der Waals surface area contributed by atoms with Gasteiger partial charge in [-0.15, -0.1) is 0 Å².